The topological polar surface area (TPSA) is 67.3 Å². The fraction of sp³-hybridized carbons (Fsp3) is 0.476. The number of carbonyl (C=O) groups is 1. The van der Waals surface area contributed by atoms with Crippen molar-refractivity contribution in [2.45, 2.75) is 32.1 Å². The van der Waals surface area contributed by atoms with Crippen molar-refractivity contribution in [3.05, 3.63) is 42.1 Å². The van der Waals surface area contributed by atoms with Crippen LogP contribution in [0.1, 0.15) is 42.6 Å². The summed E-state index contributed by atoms with van der Waals surface area (Å²) in [5.41, 5.74) is 1.36. The molecule has 0 radical (unpaired) electrons. The minimum Gasteiger partial charge on any atom is -0.385 e. The number of anilines is 1. The summed E-state index contributed by atoms with van der Waals surface area (Å²) in [7, 11) is 1.69. The molecule has 2 heterocycles. The molecule has 2 aromatic rings. The molecule has 0 spiro atoms. The molecule has 1 aliphatic rings. The number of carbonyl (C=O) groups excluding carboxylic acids is 1. The third-order valence-electron chi connectivity index (χ3n) is 4.70. The molecule has 1 saturated heterocycles. The molecule has 1 aromatic heterocycles. The number of hydrogen-bond donors (Lipinski definition) is 1. The molecule has 1 aromatic carbocycles. The third kappa shape index (κ3) is 5.50. The standard InChI is InChI=1S/C21H28N4O2/c1-27-15-9-12-22-19-16-18(21(26)25-13-7-2-3-8-14-25)23-20(24-19)17-10-5-4-6-11-17/h4-6,10-11,16H,2-3,7-9,12-15H2,1H3,(H,22,23,24). The van der Waals surface area contributed by atoms with Crippen LogP contribution in [0, 0.1) is 0 Å². The second-order valence-electron chi connectivity index (χ2n) is 6.81. The predicted molar refractivity (Wildman–Crippen MR) is 107 cm³/mol. The Kier molecular flexibility index (Phi) is 7.16. The third-order valence-corrected chi connectivity index (χ3v) is 4.70. The largest absolute Gasteiger partial charge is 0.385 e. The van der Waals surface area contributed by atoms with Crippen LogP contribution in [0.5, 0.6) is 0 Å². The Balaban J connectivity index is 1.85. The smallest absolute Gasteiger partial charge is 0.272 e. The summed E-state index contributed by atoms with van der Waals surface area (Å²) in [5.74, 6) is 1.25. The number of ether oxygens (including phenoxy) is 1. The van der Waals surface area contributed by atoms with Crippen LogP contribution in [0.15, 0.2) is 36.4 Å². The number of hydrogen-bond acceptors (Lipinski definition) is 5. The van der Waals surface area contributed by atoms with E-state index in [9.17, 15) is 4.79 Å². The van der Waals surface area contributed by atoms with Gasteiger partial charge in [0.2, 0.25) is 0 Å². The molecule has 0 bridgehead atoms. The normalized spacial score (nSPS) is 14.6. The SMILES string of the molecule is COCCCNc1cc(C(=O)N2CCCCCC2)nc(-c2ccccc2)n1. The second-order valence-corrected chi connectivity index (χ2v) is 6.81. The molecule has 1 amide bonds. The van der Waals surface area contributed by atoms with E-state index >= 15 is 0 Å². The monoisotopic (exact) mass is 368 g/mol. The number of benzene rings is 1. The van der Waals surface area contributed by atoms with Crippen molar-refractivity contribution < 1.29 is 9.53 Å². The zero-order valence-electron chi connectivity index (χ0n) is 16.0. The molecule has 0 unspecified atom stereocenters. The molecular formula is C21H28N4O2. The number of nitrogens with zero attached hydrogens (tertiary/aromatic N) is 3. The van der Waals surface area contributed by atoms with Crippen LogP contribution in [0.2, 0.25) is 0 Å². The molecule has 1 fully saturated rings. The summed E-state index contributed by atoms with van der Waals surface area (Å²) >= 11 is 0. The first kappa shape index (κ1) is 19.3. The lowest BCUT2D eigenvalue weighted by Gasteiger charge is -2.20. The predicted octanol–water partition coefficient (Wildman–Crippen LogP) is 3.61. The van der Waals surface area contributed by atoms with Gasteiger partial charge in [0.25, 0.3) is 5.91 Å². The van der Waals surface area contributed by atoms with Crippen LogP contribution in [0.3, 0.4) is 0 Å². The number of likely N-dealkylation sites (tertiary alicyclic amines) is 1. The van der Waals surface area contributed by atoms with Gasteiger partial charge in [-0.3, -0.25) is 4.79 Å². The maximum Gasteiger partial charge on any atom is 0.272 e. The maximum absolute atomic E-state index is 13.1. The molecule has 0 atom stereocenters. The first-order chi connectivity index (χ1) is 13.3. The van der Waals surface area contributed by atoms with Gasteiger partial charge in [-0.05, 0) is 19.3 Å². The van der Waals surface area contributed by atoms with Gasteiger partial charge in [0.1, 0.15) is 11.5 Å². The number of nitrogens with one attached hydrogen (secondary N) is 1. The lowest BCUT2D eigenvalue weighted by atomic mass is 10.2. The summed E-state index contributed by atoms with van der Waals surface area (Å²) in [6.07, 6.45) is 5.37. The fourth-order valence-electron chi connectivity index (χ4n) is 3.23. The lowest BCUT2D eigenvalue weighted by Crippen LogP contribution is -2.32. The first-order valence-corrected chi connectivity index (χ1v) is 9.74. The molecule has 1 N–H and O–H groups in total. The van der Waals surface area contributed by atoms with Gasteiger partial charge in [0.05, 0.1) is 0 Å². The van der Waals surface area contributed by atoms with Gasteiger partial charge in [0.15, 0.2) is 5.82 Å². The zero-order valence-corrected chi connectivity index (χ0v) is 16.0. The molecule has 0 saturated carbocycles. The molecule has 6 heteroatoms. The van der Waals surface area contributed by atoms with E-state index in [1.54, 1.807) is 13.2 Å². The van der Waals surface area contributed by atoms with Crippen LogP contribution in [0.25, 0.3) is 11.4 Å². The molecular weight excluding hydrogens is 340 g/mol. The highest BCUT2D eigenvalue weighted by Gasteiger charge is 2.20. The maximum atomic E-state index is 13.1. The Labute approximate surface area is 161 Å². The van der Waals surface area contributed by atoms with E-state index in [4.69, 9.17) is 4.74 Å². The van der Waals surface area contributed by atoms with Crippen LogP contribution in [-0.4, -0.2) is 54.1 Å². The van der Waals surface area contributed by atoms with Crippen molar-refractivity contribution in [3.63, 3.8) is 0 Å². The van der Waals surface area contributed by atoms with E-state index in [2.05, 4.69) is 15.3 Å². The second kappa shape index (κ2) is 10.0. The van der Waals surface area contributed by atoms with Crippen LogP contribution in [0.4, 0.5) is 5.82 Å². The van der Waals surface area contributed by atoms with Gasteiger partial charge in [-0.1, -0.05) is 43.2 Å². The van der Waals surface area contributed by atoms with E-state index in [1.807, 2.05) is 35.2 Å². The highest BCUT2D eigenvalue weighted by Crippen LogP contribution is 2.20. The van der Waals surface area contributed by atoms with Gasteiger partial charge >= 0.3 is 0 Å². The van der Waals surface area contributed by atoms with Gasteiger partial charge in [-0.15, -0.1) is 0 Å². The van der Waals surface area contributed by atoms with Crippen LogP contribution in [-0.2, 0) is 4.74 Å². The highest BCUT2D eigenvalue weighted by molar-refractivity contribution is 5.93. The van der Waals surface area contributed by atoms with Crippen molar-refractivity contribution in [2.75, 3.05) is 38.7 Å². The summed E-state index contributed by atoms with van der Waals surface area (Å²) in [4.78, 5) is 24.2. The van der Waals surface area contributed by atoms with Crippen molar-refractivity contribution in [1.82, 2.24) is 14.9 Å². The molecule has 27 heavy (non-hydrogen) atoms. The van der Waals surface area contributed by atoms with E-state index in [-0.39, 0.29) is 5.91 Å². The quantitative estimate of drug-likeness (QED) is 0.756. The minimum absolute atomic E-state index is 0.00331. The van der Waals surface area contributed by atoms with Crippen molar-refractivity contribution in [3.8, 4) is 11.4 Å². The lowest BCUT2D eigenvalue weighted by molar-refractivity contribution is 0.0755. The number of amides is 1. The van der Waals surface area contributed by atoms with Gasteiger partial charge in [-0.25, -0.2) is 9.97 Å². The van der Waals surface area contributed by atoms with E-state index in [0.29, 0.717) is 23.9 Å². The number of methoxy groups -OCH3 is 1. The summed E-state index contributed by atoms with van der Waals surface area (Å²) < 4.78 is 5.09. The zero-order chi connectivity index (χ0) is 18.9. The first-order valence-electron chi connectivity index (χ1n) is 9.74. The van der Waals surface area contributed by atoms with E-state index in [0.717, 1.165) is 44.5 Å². The number of aromatic nitrogens is 2. The Morgan fingerprint density at radius 3 is 2.56 bits per heavy atom. The average Bonchev–Trinajstić information content (AvgIpc) is 3.01. The molecule has 144 valence electrons. The van der Waals surface area contributed by atoms with E-state index in [1.165, 1.54) is 12.8 Å². The van der Waals surface area contributed by atoms with Crippen molar-refractivity contribution >= 4 is 11.7 Å². The summed E-state index contributed by atoms with van der Waals surface area (Å²) in [5, 5.41) is 3.30. The average molecular weight is 368 g/mol. The molecule has 0 aliphatic carbocycles. The van der Waals surface area contributed by atoms with Crippen LogP contribution >= 0.6 is 0 Å². The van der Waals surface area contributed by atoms with Gasteiger partial charge < -0.3 is 15.0 Å². The number of rotatable bonds is 7. The van der Waals surface area contributed by atoms with Crippen molar-refractivity contribution in [2.24, 2.45) is 0 Å². The fourth-order valence-corrected chi connectivity index (χ4v) is 3.23. The Morgan fingerprint density at radius 1 is 1.11 bits per heavy atom. The van der Waals surface area contributed by atoms with Gasteiger partial charge in [0, 0.05) is 45.0 Å². The highest BCUT2D eigenvalue weighted by atomic mass is 16.5. The summed E-state index contributed by atoms with van der Waals surface area (Å²) in [6.45, 7) is 3.03. The molecule has 1 aliphatic heterocycles. The molecule has 3 rings (SSSR count). The van der Waals surface area contributed by atoms with Gasteiger partial charge in [-0.2, -0.15) is 0 Å². The van der Waals surface area contributed by atoms with E-state index < -0.39 is 0 Å². The Hall–Kier alpha value is -2.47. The summed E-state index contributed by atoms with van der Waals surface area (Å²) in [6, 6.07) is 11.6. The van der Waals surface area contributed by atoms with Crippen LogP contribution < -0.4 is 5.32 Å². The molecule has 6 nitrogen and oxygen atoms in total. The Bertz CT molecular complexity index is 728. The minimum atomic E-state index is -0.00331. The van der Waals surface area contributed by atoms with Crippen molar-refractivity contribution in [1.29, 1.82) is 0 Å². The Morgan fingerprint density at radius 2 is 1.85 bits per heavy atom.